The van der Waals surface area contributed by atoms with E-state index in [0.717, 1.165) is 44.6 Å². The predicted octanol–water partition coefficient (Wildman–Crippen LogP) is 0.616. The van der Waals surface area contributed by atoms with E-state index in [-0.39, 0.29) is 12.6 Å². The lowest BCUT2D eigenvalue weighted by atomic mass is 10.0. The average Bonchev–Trinajstić information content (AvgIpc) is 2.67. The van der Waals surface area contributed by atoms with Crippen molar-refractivity contribution in [2.75, 3.05) is 59.7 Å². The predicted molar refractivity (Wildman–Crippen MR) is 99.2 cm³/mol. The van der Waals surface area contributed by atoms with Crippen molar-refractivity contribution >= 4 is 5.96 Å². The molecule has 1 aromatic rings. The van der Waals surface area contributed by atoms with E-state index in [9.17, 15) is 0 Å². The van der Waals surface area contributed by atoms with Crippen molar-refractivity contribution < 1.29 is 14.6 Å². The first-order valence-electron chi connectivity index (χ1n) is 8.87. The molecule has 1 fully saturated rings. The van der Waals surface area contributed by atoms with Crippen molar-refractivity contribution in [3.63, 3.8) is 0 Å². The maximum absolute atomic E-state index is 9.01. The van der Waals surface area contributed by atoms with Crippen molar-refractivity contribution in [3.8, 4) is 5.75 Å². The van der Waals surface area contributed by atoms with Crippen LogP contribution in [-0.2, 0) is 4.74 Å². The third-order valence-corrected chi connectivity index (χ3v) is 4.16. The molecular formula is C18H30N4O3. The summed E-state index contributed by atoms with van der Waals surface area (Å²) in [5, 5.41) is 15.3. The van der Waals surface area contributed by atoms with Crippen LogP contribution in [0.25, 0.3) is 0 Å². The maximum Gasteiger partial charge on any atom is 0.191 e. The summed E-state index contributed by atoms with van der Waals surface area (Å²) in [5.74, 6) is 1.58. The van der Waals surface area contributed by atoms with Gasteiger partial charge in [-0.25, -0.2) is 0 Å². The monoisotopic (exact) mass is 350 g/mol. The van der Waals surface area contributed by atoms with Crippen LogP contribution in [0, 0.1) is 0 Å². The number of morpholine rings is 1. The summed E-state index contributed by atoms with van der Waals surface area (Å²) in [4.78, 5) is 7.12. The Balaban J connectivity index is 2.14. The molecule has 2 rings (SSSR count). The molecule has 1 heterocycles. The molecule has 1 unspecified atom stereocenters. The number of ether oxygens (including phenoxy) is 2. The Morgan fingerprint density at radius 3 is 2.60 bits per heavy atom. The summed E-state index contributed by atoms with van der Waals surface area (Å²) >= 11 is 0. The van der Waals surface area contributed by atoms with Crippen LogP contribution < -0.4 is 15.4 Å². The molecule has 140 valence electrons. The number of guanidine groups is 1. The van der Waals surface area contributed by atoms with Crippen LogP contribution in [0.1, 0.15) is 18.5 Å². The molecule has 1 aliphatic heterocycles. The molecule has 0 aromatic heterocycles. The molecule has 1 atom stereocenters. The first kappa shape index (κ1) is 19.5. The Morgan fingerprint density at radius 1 is 1.28 bits per heavy atom. The summed E-state index contributed by atoms with van der Waals surface area (Å²) in [5.41, 5.74) is 1.21. The number of nitrogens with one attached hydrogen (secondary N) is 2. The quantitative estimate of drug-likeness (QED) is 0.471. The van der Waals surface area contributed by atoms with E-state index >= 15 is 0 Å². The fraction of sp³-hybridized carbons (Fsp3) is 0.611. The molecule has 0 saturated carbocycles. The van der Waals surface area contributed by atoms with Gasteiger partial charge in [0.05, 0.1) is 39.5 Å². The fourth-order valence-electron chi connectivity index (χ4n) is 2.84. The first-order valence-corrected chi connectivity index (χ1v) is 8.87. The minimum absolute atomic E-state index is 0.0792. The zero-order valence-electron chi connectivity index (χ0n) is 15.2. The van der Waals surface area contributed by atoms with Gasteiger partial charge in [-0.15, -0.1) is 0 Å². The van der Waals surface area contributed by atoms with Gasteiger partial charge in [0.25, 0.3) is 0 Å². The molecule has 0 aliphatic carbocycles. The van der Waals surface area contributed by atoms with Gasteiger partial charge in [0.1, 0.15) is 5.75 Å². The van der Waals surface area contributed by atoms with Gasteiger partial charge < -0.3 is 25.2 Å². The first-order chi connectivity index (χ1) is 12.3. The van der Waals surface area contributed by atoms with Gasteiger partial charge in [0.2, 0.25) is 0 Å². The fourth-order valence-corrected chi connectivity index (χ4v) is 2.84. The number of rotatable bonds is 8. The second-order valence-electron chi connectivity index (χ2n) is 5.81. The molecule has 1 saturated heterocycles. The maximum atomic E-state index is 9.01. The van der Waals surface area contributed by atoms with Crippen molar-refractivity contribution in [1.82, 2.24) is 15.5 Å². The number of aliphatic hydroxyl groups excluding tert-OH is 1. The van der Waals surface area contributed by atoms with Crippen molar-refractivity contribution in [2.45, 2.75) is 13.0 Å². The van der Waals surface area contributed by atoms with Crippen LogP contribution in [0.5, 0.6) is 5.75 Å². The number of methoxy groups -OCH3 is 1. The molecule has 7 nitrogen and oxygen atoms in total. The molecular weight excluding hydrogens is 320 g/mol. The highest BCUT2D eigenvalue weighted by atomic mass is 16.5. The second-order valence-corrected chi connectivity index (χ2v) is 5.81. The van der Waals surface area contributed by atoms with E-state index in [1.807, 2.05) is 19.1 Å². The standard InChI is InChI=1S/C18H30N4O3/c1-3-19-18(20-8-11-23)21-14-17(22-9-12-25-13-10-22)15-4-6-16(24-2)7-5-15/h4-7,17,23H,3,8-14H2,1-2H3,(H2,19,20,21). The number of aliphatic imine (C=N–C) groups is 1. The third-order valence-electron chi connectivity index (χ3n) is 4.16. The van der Waals surface area contributed by atoms with Crippen LogP contribution in [0.2, 0.25) is 0 Å². The molecule has 0 radical (unpaired) electrons. The summed E-state index contributed by atoms with van der Waals surface area (Å²) in [6.07, 6.45) is 0. The van der Waals surface area contributed by atoms with Gasteiger partial charge in [-0.1, -0.05) is 12.1 Å². The van der Waals surface area contributed by atoms with Crippen molar-refractivity contribution in [1.29, 1.82) is 0 Å². The topological polar surface area (TPSA) is 78.4 Å². The van der Waals surface area contributed by atoms with Crippen molar-refractivity contribution in [2.24, 2.45) is 4.99 Å². The molecule has 0 amide bonds. The van der Waals surface area contributed by atoms with E-state index in [1.54, 1.807) is 7.11 Å². The van der Waals surface area contributed by atoms with E-state index < -0.39 is 0 Å². The Bertz CT molecular complexity index is 516. The number of hydrogen-bond acceptors (Lipinski definition) is 5. The number of nitrogens with zero attached hydrogens (tertiary/aromatic N) is 2. The molecule has 0 bridgehead atoms. The Hall–Kier alpha value is -1.83. The van der Waals surface area contributed by atoms with Gasteiger partial charge in [0, 0.05) is 26.2 Å². The summed E-state index contributed by atoms with van der Waals surface area (Å²) < 4.78 is 10.8. The van der Waals surface area contributed by atoms with Gasteiger partial charge in [-0.3, -0.25) is 9.89 Å². The van der Waals surface area contributed by atoms with E-state index in [1.165, 1.54) is 5.56 Å². The lowest BCUT2D eigenvalue weighted by Crippen LogP contribution is -2.42. The lowest BCUT2D eigenvalue weighted by molar-refractivity contribution is 0.0179. The molecule has 1 aliphatic rings. The Morgan fingerprint density at radius 2 is 2.00 bits per heavy atom. The van der Waals surface area contributed by atoms with E-state index in [4.69, 9.17) is 19.6 Å². The number of aliphatic hydroxyl groups is 1. The molecule has 7 heteroatoms. The highest BCUT2D eigenvalue weighted by Gasteiger charge is 2.22. The number of hydrogen-bond donors (Lipinski definition) is 3. The van der Waals surface area contributed by atoms with Crippen LogP contribution in [0.4, 0.5) is 0 Å². The number of benzene rings is 1. The Labute approximate surface area is 150 Å². The lowest BCUT2D eigenvalue weighted by Gasteiger charge is -2.34. The van der Waals surface area contributed by atoms with Gasteiger partial charge in [-0.2, -0.15) is 0 Å². The summed E-state index contributed by atoms with van der Waals surface area (Å²) in [7, 11) is 1.67. The van der Waals surface area contributed by atoms with Crippen LogP contribution in [-0.4, -0.2) is 75.6 Å². The minimum Gasteiger partial charge on any atom is -0.497 e. The van der Waals surface area contributed by atoms with Crippen LogP contribution in [0.15, 0.2) is 29.3 Å². The van der Waals surface area contributed by atoms with Gasteiger partial charge in [0.15, 0.2) is 5.96 Å². The molecule has 1 aromatic carbocycles. The Kier molecular flexibility index (Phi) is 8.51. The van der Waals surface area contributed by atoms with E-state index in [2.05, 4.69) is 27.7 Å². The van der Waals surface area contributed by atoms with E-state index in [0.29, 0.717) is 13.1 Å². The SMILES string of the molecule is CCNC(=NCC(c1ccc(OC)cc1)N1CCOCC1)NCCO. The van der Waals surface area contributed by atoms with Crippen LogP contribution in [0.3, 0.4) is 0 Å². The third kappa shape index (κ3) is 6.19. The van der Waals surface area contributed by atoms with Gasteiger partial charge >= 0.3 is 0 Å². The van der Waals surface area contributed by atoms with Gasteiger partial charge in [-0.05, 0) is 24.6 Å². The zero-order chi connectivity index (χ0) is 17.9. The second kappa shape index (κ2) is 10.9. The molecule has 0 spiro atoms. The molecule has 3 N–H and O–H groups in total. The summed E-state index contributed by atoms with van der Waals surface area (Å²) in [6.45, 7) is 7.29. The average molecular weight is 350 g/mol. The molecule has 25 heavy (non-hydrogen) atoms. The zero-order valence-corrected chi connectivity index (χ0v) is 15.2. The van der Waals surface area contributed by atoms with Crippen molar-refractivity contribution in [3.05, 3.63) is 29.8 Å². The smallest absolute Gasteiger partial charge is 0.191 e. The highest BCUT2D eigenvalue weighted by Crippen LogP contribution is 2.24. The normalized spacial score (nSPS) is 17.2. The highest BCUT2D eigenvalue weighted by molar-refractivity contribution is 5.79. The van der Waals surface area contributed by atoms with Crippen LogP contribution >= 0.6 is 0 Å². The minimum atomic E-state index is 0.0792. The largest absolute Gasteiger partial charge is 0.497 e. The summed E-state index contributed by atoms with van der Waals surface area (Å²) in [6, 6.07) is 8.36.